The van der Waals surface area contributed by atoms with Crippen molar-refractivity contribution >= 4 is 0 Å². The van der Waals surface area contributed by atoms with Crippen LogP contribution in [0.2, 0.25) is 0 Å². The van der Waals surface area contributed by atoms with Gasteiger partial charge in [-0.2, -0.15) is 0 Å². The van der Waals surface area contributed by atoms with E-state index in [4.69, 9.17) is 4.74 Å². The molecule has 0 fully saturated rings. The molecule has 2 atom stereocenters. The molecular weight excluding hydrogens is 254 g/mol. The Morgan fingerprint density at radius 3 is 2.35 bits per heavy atom. The lowest BCUT2D eigenvalue weighted by Crippen LogP contribution is -2.42. The zero-order valence-electron chi connectivity index (χ0n) is 14.0. The Kier molecular flexibility index (Phi) is 10.5. The first-order chi connectivity index (χ1) is 9.23. The third-order valence-corrected chi connectivity index (χ3v) is 3.11. The smallest absolute Gasteiger partial charge is 0.0897 e. The first-order valence-electron chi connectivity index (χ1n) is 7.92. The molecule has 0 aromatic heterocycles. The lowest BCUT2D eigenvalue weighted by Gasteiger charge is -2.26. The molecule has 0 heterocycles. The van der Waals surface area contributed by atoms with Crippen LogP contribution in [0.3, 0.4) is 0 Å². The van der Waals surface area contributed by atoms with E-state index in [0.29, 0.717) is 38.1 Å². The van der Waals surface area contributed by atoms with Crippen LogP contribution in [0.15, 0.2) is 0 Å². The second-order valence-corrected chi connectivity index (χ2v) is 6.99. The highest BCUT2D eigenvalue weighted by molar-refractivity contribution is 4.77. The van der Waals surface area contributed by atoms with Crippen molar-refractivity contribution in [2.24, 2.45) is 11.8 Å². The van der Waals surface area contributed by atoms with Gasteiger partial charge in [0.2, 0.25) is 0 Å². The van der Waals surface area contributed by atoms with Crippen LogP contribution >= 0.6 is 0 Å². The molecule has 0 radical (unpaired) electrons. The molecule has 0 aromatic carbocycles. The van der Waals surface area contributed by atoms with Crippen LogP contribution in [-0.4, -0.2) is 48.2 Å². The summed E-state index contributed by atoms with van der Waals surface area (Å²) in [6.07, 6.45) is 2.44. The third kappa shape index (κ3) is 12.9. The first-order valence-corrected chi connectivity index (χ1v) is 7.92. The van der Waals surface area contributed by atoms with Crippen molar-refractivity contribution in [2.75, 3.05) is 26.3 Å². The molecule has 0 saturated heterocycles. The third-order valence-electron chi connectivity index (χ3n) is 3.11. The van der Waals surface area contributed by atoms with Crippen molar-refractivity contribution in [1.29, 1.82) is 0 Å². The van der Waals surface area contributed by atoms with E-state index in [1.807, 2.05) is 6.92 Å². The van der Waals surface area contributed by atoms with Crippen LogP contribution in [0.5, 0.6) is 0 Å². The number of nitrogens with one attached hydrogen (secondary N) is 1. The molecule has 0 aromatic rings. The van der Waals surface area contributed by atoms with Crippen LogP contribution in [0.1, 0.15) is 53.9 Å². The minimum Gasteiger partial charge on any atom is -0.389 e. The van der Waals surface area contributed by atoms with Gasteiger partial charge in [0, 0.05) is 19.7 Å². The van der Waals surface area contributed by atoms with Gasteiger partial charge in [-0.05, 0) is 38.0 Å². The van der Waals surface area contributed by atoms with Gasteiger partial charge < -0.3 is 20.3 Å². The highest BCUT2D eigenvalue weighted by Crippen LogP contribution is 2.14. The fourth-order valence-corrected chi connectivity index (χ4v) is 2.33. The van der Waals surface area contributed by atoms with E-state index < -0.39 is 11.7 Å². The summed E-state index contributed by atoms with van der Waals surface area (Å²) in [5, 5.41) is 23.0. The quantitative estimate of drug-likeness (QED) is 0.482. The van der Waals surface area contributed by atoms with E-state index in [1.165, 1.54) is 0 Å². The molecule has 4 nitrogen and oxygen atoms in total. The molecule has 0 spiro atoms. The van der Waals surface area contributed by atoms with Crippen molar-refractivity contribution in [3.05, 3.63) is 0 Å². The van der Waals surface area contributed by atoms with Crippen molar-refractivity contribution in [3.63, 3.8) is 0 Å². The maximum atomic E-state index is 10.1. The van der Waals surface area contributed by atoms with Crippen molar-refractivity contribution in [3.8, 4) is 0 Å². The SMILES string of the molecule is CC(C)CCCOCC(O)CNCC(C)(O)CC(C)C. The highest BCUT2D eigenvalue weighted by atomic mass is 16.5. The first kappa shape index (κ1) is 19.8. The number of rotatable bonds is 12. The van der Waals surface area contributed by atoms with E-state index in [0.717, 1.165) is 19.3 Å². The zero-order valence-corrected chi connectivity index (χ0v) is 14.0. The number of aliphatic hydroxyl groups excluding tert-OH is 1. The second-order valence-electron chi connectivity index (χ2n) is 6.99. The second kappa shape index (κ2) is 10.6. The number of aliphatic hydroxyl groups is 2. The van der Waals surface area contributed by atoms with Gasteiger partial charge in [0.05, 0.1) is 18.3 Å². The highest BCUT2D eigenvalue weighted by Gasteiger charge is 2.21. The van der Waals surface area contributed by atoms with Crippen molar-refractivity contribution < 1.29 is 14.9 Å². The van der Waals surface area contributed by atoms with Gasteiger partial charge in [-0.25, -0.2) is 0 Å². The standard InChI is InChI=1S/C16H35NO3/c1-13(2)7-6-8-20-11-15(18)10-17-12-16(5,19)9-14(3)4/h13-15,17-19H,6-12H2,1-5H3. The molecule has 2 unspecified atom stereocenters. The zero-order chi connectivity index (χ0) is 15.6. The van der Waals surface area contributed by atoms with Crippen LogP contribution < -0.4 is 5.32 Å². The van der Waals surface area contributed by atoms with Crippen LogP contribution in [0.25, 0.3) is 0 Å². The normalized spacial score (nSPS) is 16.6. The maximum absolute atomic E-state index is 10.1. The summed E-state index contributed by atoms with van der Waals surface area (Å²) < 4.78 is 5.44. The van der Waals surface area contributed by atoms with Crippen LogP contribution in [0.4, 0.5) is 0 Å². The number of hydrogen-bond acceptors (Lipinski definition) is 4. The number of hydrogen-bond donors (Lipinski definition) is 3. The summed E-state index contributed by atoms with van der Waals surface area (Å²) in [5.74, 6) is 1.16. The maximum Gasteiger partial charge on any atom is 0.0897 e. The molecule has 0 aliphatic heterocycles. The summed E-state index contributed by atoms with van der Waals surface area (Å²) in [6.45, 7) is 12.4. The predicted molar refractivity (Wildman–Crippen MR) is 83.8 cm³/mol. The van der Waals surface area contributed by atoms with Gasteiger partial charge in [0.15, 0.2) is 0 Å². The minimum absolute atomic E-state index is 0.359. The molecule has 4 heteroatoms. The topological polar surface area (TPSA) is 61.7 Å². The van der Waals surface area contributed by atoms with Crippen LogP contribution in [0, 0.1) is 11.8 Å². The largest absolute Gasteiger partial charge is 0.389 e. The van der Waals surface area contributed by atoms with Gasteiger partial charge in [0.25, 0.3) is 0 Å². The summed E-state index contributed by atoms with van der Waals surface area (Å²) in [7, 11) is 0. The molecule has 0 aliphatic carbocycles. The summed E-state index contributed by atoms with van der Waals surface area (Å²) in [6, 6.07) is 0. The monoisotopic (exact) mass is 289 g/mol. The Bertz CT molecular complexity index is 230. The molecule has 0 rings (SSSR count). The summed E-state index contributed by atoms with van der Waals surface area (Å²) in [5.41, 5.74) is -0.716. The Morgan fingerprint density at radius 2 is 1.80 bits per heavy atom. The van der Waals surface area contributed by atoms with E-state index in [9.17, 15) is 10.2 Å². The molecule has 20 heavy (non-hydrogen) atoms. The average Bonchev–Trinajstić information content (AvgIpc) is 2.25. The minimum atomic E-state index is -0.716. The fourth-order valence-electron chi connectivity index (χ4n) is 2.33. The van der Waals surface area contributed by atoms with Crippen LogP contribution in [-0.2, 0) is 4.74 Å². The van der Waals surface area contributed by atoms with E-state index in [1.54, 1.807) is 0 Å². The predicted octanol–water partition coefficient (Wildman–Crippen LogP) is 2.19. The molecule has 0 saturated carbocycles. The Balaban J connectivity index is 3.55. The molecule has 122 valence electrons. The van der Waals surface area contributed by atoms with Crippen molar-refractivity contribution in [1.82, 2.24) is 5.32 Å². The van der Waals surface area contributed by atoms with Gasteiger partial charge in [-0.1, -0.05) is 27.7 Å². The molecule has 0 bridgehead atoms. The molecule has 0 amide bonds. The number of ether oxygens (including phenoxy) is 1. The Labute approximate surface area is 124 Å². The van der Waals surface area contributed by atoms with Crippen molar-refractivity contribution in [2.45, 2.75) is 65.6 Å². The van der Waals surface area contributed by atoms with Gasteiger partial charge >= 0.3 is 0 Å². The lowest BCUT2D eigenvalue weighted by atomic mass is 9.94. The average molecular weight is 289 g/mol. The fraction of sp³-hybridized carbons (Fsp3) is 1.00. The molecule has 0 aliphatic rings. The van der Waals surface area contributed by atoms with Gasteiger partial charge in [-0.3, -0.25) is 0 Å². The lowest BCUT2D eigenvalue weighted by molar-refractivity contribution is 0.0188. The van der Waals surface area contributed by atoms with Gasteiger partial charge in [-0.15, -0.1) is 0 Å². The Morgan fingerprint density at radius 1 is 1.15 bits per heavy atom. The van der Waals surface area contributed by atoms with E-state index in [-0.39, 0.29) is 0 Å². The molecule has 3 N–H and O–H groups in total. The van der Waals surface area contributed by atoms with Gasteiger partial charge in [0.1, 0.15) is 0 Å². The Hall–Kier alpha value is -0.160. The van der Waals surface area contributed by atoms with E-state index in [2.05, 4.69) is 33.0 Å². The van der Waals surface area contributed by atoms with E-state index >= 15 is 0 Å². The molecular formula is C16H35NO3. The summed E-state index contributed by atoms with van der Waals surface area (Å²) in [4.78, 5) is 0. The summed E-state index contributed by atoms with van der Waals surface area (Å²) >= 11 is 0.